The first-order valence-electron chi connectivity index (χ1n) is 7.90. The number of nitrogens with zero attached hydrogens (tertiary/aromatic N) is 2. The number of nitrogens with two attached hydrogens (primary N) is 1. The summed E-state index contributed by atoms with van der Waals surface area (Å²) in [5.74, 6) is 0.861. The van der Waals surface area contributed by atoms with Crippen LogP contribution >= 0.6 is 0 Å². The van der Waals surface area contributed by atoms with Crippen molar-refractivity contribution in [1.29, 1.82) is 0 Å². The lowest BCUT2D eigenvalue weighted by Crippen LogP contribution is -2.39. The quantitative estimate of drug-likeness (QED) is 0.834. The SMILES string of the molecule is Cc1nocc1COc1ccc2c(c1)CCN(C[C@@H](O)CN)C2. The van der Waals surface area contributed by atoms with E-state index in [1.807, 2.05) is 13.0 Å². The molecule has 2 aromatic rings. The van der Waals surface area contributed by atoms with Gasteiger partial charge in [0.2, 0.25) is 0 Å². The minimum Gasteiger partial charge on any atom is -0.489 e. The largest absolute Gasteiger partial charge is 0.489 e. The fraction of sp³-hybridized carbons (Fsp3) is 0.471. The molecule has 0 spiro atoms. The summed E-state index contributed by atoms with van der Waals surface area (Å²) in [7, 11) is 0. The molecule has 6 nitrogen and oxygen atoms in total. The summed E-state index contributed by atoms with van der Waals surface area (Å²) in [6.45, 7) is 5.07. The van der Waals surface area contributed by atoms with Crippen LogP contribution in [-0.4, -0.2) is 40.9 Å². The lowest BCUT2D eigenvalue weighted by atomic mass is 9.99. The number of aliphatic hydroxyl groups excluding tert-OH is 1. The molecule has 23 heavy (non-hydrogen) atoms. The van der Waals surface area contributed by atoms with Crippen LogP contribution in [0.25, 0.3) is 0 Å². The molecule has 2 heterocycles. The van der Waals surface area contributed by atoms with E-state index in [9.17, 15) is 5.11 Å². The first-order chi connectivity index (χ1) is 11.2. The molecule has 124 valence electrons. The molecule has 0 saturated carbocycles. The molecule has 6 heteroatoms. The van der Waals surface area contributed by atoms with Crippen molar-refractivity contribution in [1.82, 2.24) is 10.1 Å². The van der Waals surface area contributed by atoms with Crippen LogP contribution in [0, 0.1) is 6.92 Å². The maximum Gasteiger partial charge on any atom is 0.130 e. The van der Waals surface area contributed by atoms with E-state index in [0.29, 0.717) is 19.7 Å². The Morgan fingerprint density at radius 2 is 2.30 bits per heavy atom. The third-order valence-electron chi connectivity index (χ3n) is 4.25. The molecule has 0 saturated heterocycles. The highest BCUT2D eigenvalue weighted by Gasteiger charge is 2.18. The molecular formula is C17H23N3O3. The highest BCUT2D eigenvalue weighted by atomic mass is 16.5. The fourth-order valence-corrected chi connectivity index (χ4v) is 2.82. The first-order valence-corrected chi connectivity index (χ1v) is 7.90. The molecule has 1 atom stereocenters. The Labute approximate surface area is 135 Å². The van der Waals surface area contributed by atoms with E-state index in [1.165, 1.54) is 11.1 Å². The number of hydrogen-bond donors (Lipinski definition) is 2. The van der Waals surface area contributed by atoms with Crippen molar-refractivity contribution in [3.63, 3.8) is 0 Å². The maximum absolute atomic E-state index is 9.69. The summed E-state index contributed by atoms with van der Waals surface area (Å²) in [5, 5.41) is 13.5. The highest BCUT2D eigenvalue weighted by Crippen LogP contribution is 2.24. The monoisotopic (exact) mass is 317 g/mol. The van der Waals surface area contributed by atoms with Gasteiger partial charge in [-0.1, -0.05) is 11.2 Å². The molecule has 1 aromatic heterocycles. The minimum absolute atomic E-state index is 0.304. The second-order valence-electron chi connectivity index (χ2n) is 6.02. The van der Waals surface area contributed by atoms with Crippen molar-refractivity contribution in [3.05, 3.63) is 46.8 Å². The minimum atomic E-state index is -0.453. The second kappa shape index (κ2) is 7.12. The average molecular weight is 317 g/mol. The Kier molecular flexibility index (Phi) is 4.95. The Bertz CT molecular complexity index is 656. The third-order valence-corrected chi connectivity index (χ3v) is 4.25. The standard InChI is InChI=1S/C17H23N3O3/c1-12-15(11-23-19-12)10-22-17-3-2-14-8-20(9-16(21)7-18)5-4-13(14)6-17/h2-3,6,11,16,21H,4-5,7-10,18H2,1H3/t16-/m0/s1. The lowest BCUT2D eigenvalue weighted by molar-refractivity contribution is 0.111. The Hall–Kier alpha value is -1.89. The molecular weight excluding hydrogens is 294 g/mol. The molecule has 0 bridgehead atoms. The molecule has 0 aliphatic carbocycles. The molecule has 0 amide bonds. The van der Waals surface area contributed by atoms with Crippen molar-refractivity contribution < 1.29 is 14.4 Å². The maximum atomic E-state index is 9.69. The van der Waals surface area contributed by atoms with Crippen LogP contribution in [0.4, 0.5) is 0 Å². The fourth-order valence-electron chi connectivity index (χ4n) is 2.82. The normalized spacial score (nSPS) is 16.1. The number of aromatic nitrogens is 1. The average Bonchev–Trinajstić information content (AvgIpc) is 2.97. The van der Waals surface area contributed by atoms with Gasteiger partial charge in [0.25, 0.3) is 0 Å². The van der Waals surface area contributed by atoms with E-state index in [-0.39, 0.29) is 0 Å². The van der Waals surface area contributed by atoms with Crippen molar-refractivity contribution in [2.24, 2.45) is 5.73 Å². The van der Waals surface area contributed by atoms with Gasteiger partial charge in [-0.15, -0.1) is 0 Å². The Morgan fingerprint density at radius 1 is 1.43 bits per heavy atom. The van der Waals surface area contributed by atoms with Gasteiger partial charge in [-0.25, -0.2) is 0 Å². The summed E-state index contributed by atoms with van der Waals surface area (Å²) in [5.41, 5.74) is 9.90. The van der Waals surface area contributed by atoms with Crippen LogP contribution < -0.4 is 10.5 Å². The summed E-state index contributed by atoms with van der Waals surface area (Å²) in [6, 6.07) is 6.20. The molecule has 0 unspecified atom stereocenters. The van der Waals surface area contributed by atoms with Gasteiger partial charge < -0.3 is 20.1 Å². The van der Waals surface area contributed by atoms with E-state index >= 15 is 0 Å². The van der Waals surface area contributed by atoms with Gasteiger partial charge in [0, 0.05) is 26.2 Å². The first kappa shape index (κ1) is 16.0. The molecule has 1 aliphatic rings. The van der Waals surface area contributed by atoms with Crippen LogP contribution in [0.15, 0.2) is 29.0 Å². The summed E-state index contributed by atoms with van der Waals surface area (Å²) in [4.78, 5) is 2.24. The molecule has 0 fully saturated rings. The number of β-amino-alcohol motifs (C(OH)–C–C–N with tert-alkyl or cyclic N) is 1. The van der Waals surface area contributed by atoms with Crippen LogP contribution in [0.2, 0.25) is 0 Å². The highest BCUT2D eigenvalue weighted by molar-refractivity contribution is 5.37. The topological polar surface area (TPSA) is 84.8 Å². The van der Waals surface area contributed by atoms with Crippen molar-refractivity contribution in [3.8, 4) is 5.75 Å². The van der Waals surface area contributed by atoms with E-state index in [0.717, 1.165) is 36.5 Å². The summed E-state index contributed by atoms with van der Waals surface area (Å²) >= 11 is 0. The number of aliphatic hydroxyl groups is 1. The van der Waals surface area contributed by atoms with Crippen molar-refractivity contribution in [2.75, 3.05) is 19.6 Å². The third kappa shape index (κ3) is 3.90. The van der Waals surface area contributed by atoms with Crippen LogP contribution in [0.3, 0.4) is 0 Å². The number of rotatable bonds is 6. The molecule has 3 rings (SSSR count). The Balaban J connectivity index is 1.61. The van der Waals surface area contributed by atoms with Gasteiger partial charge in [0.05, 0.1) is 17.4 Å². The van der Waals surface area contributed by atoms with E-state index in [1.54, 1.807) is 6.26 Å². The van der Waals surface area contributed by atoms with Crippen LogP contribution in [0.1, 0.15) is 22.4 Å². The van der Waals surface area contributed by atoms with Gasteiger partial charge in [0.1, 0.15) is 18.6 Å². The lowest BCUT2D eigenvalue weighted by Gasteiger charge is -2.30. The predicted octanol–water partition coefficient (Wildman–Crippen LogP) is 1.24. The van der Waals surface area contributed by atoms with Gasteiger partial charge in [0.15, 0.2) is 0 Å². The smallest absolute Gasteiger partial charge is 0.130 e. The van der Waals surface area contributed by atoms with Gasteiger partial charge in [-0.05, 0) is 36.6 Å². The van der Waals surface area contributed by atoms with Crippen molar-refractivity contribution in [2.45, 2.75) is 32.6 Å². The Morgan fingerprint density at radius 3 is 3.04 bits per heavy atom. The van der Waals surface area contributed by atoms with Gasteiger partial charge in [-0.2, -0.15) is 0 Å². The number of ether oxygens (including phenoxy) is 1. The van der Waals surface area contributed by atoms with Gasteiger partial charge in [-0.3, -0.25) is 4.90 Å². The predicted molar refractivity (Wildman–Crippen MR) is 86.1 cm³/mol. The second-order valence-corrected chi connectivity index (χ2v) is 6.02. The molecule has 0 radical (unpaired) electrons. The number of aryl methyl sites for hydroxylation is 1. The number of benzene rings is 1. The van der Waals surface area contributed by atoms with Crippen LogP contribution in [-0.2, 0) is 19.6 Å². The summed E-state index contributed by atoms with van der Waals surface area (Å²) < 4.78 is 10.7. The number of hydrogen-bond acceptors (Lipinski definition) is 6. The summed E-state index contributed by atoms with van der Waals surface area (Å²) in [6.07, 6.45) is 2.12. The molecule has 1 aliphatic heterocycles. The number of fused-ring (bicyclic) bond motifs is 1. The van der Waals surface area contributed by atoms with Crippen molar-refractivity contribution >= 4 is 0 Å². The van der Waals surface area contributed by atoms with Gasteiger partial charge >= 0.3 is 0 Å². The molecule has 1 aromatic carbocycles. The van der Waals surface area contributed by atoms with E-state index in [4.69, 9.17) is 15.0 Å². The zero-order chi connectivity index (χ0) is 16.2. The zero-order valence-corrected chi connectivity index (χ0v) is 13.4. The van der Waals surface area contributed by atoms with E-state index in [2.05, 4.69) is 22.2 Å². The van der Waals surface area contributed by atoms with Crippen LogP contribution in [0.5, 0.6) is 5.75 Å². The molecule has 3 N–H and O–H groups in total. The zero-order valence-electron chi connectivity index (χ0n) is 13.4. The van der Waals surface area contributed by atoms with E-state index < -0.39 is 6.10 Å².